The van der Waals surface area contributed by atoms with Crippen LogP contribution in [-0.4, -0.2) is 27.3 Å². The van der Waals surface area contributed by atoms with Crippen molar-refractivity contribution in [1.82, 2.24) is 9.88 Å². The number of fused-ring (bicyclic) bond motifs is 2. The lowest BCUT2D eigenvalue weighted by Crippen LogP contribution is -2.42. The van der Waals surface area contributed by atoms with Crippen LogP contribution in [-0.2, 0) is 6.54 Å². The maximum absolute atomic E-state index is 6.30. The molecular formula is C14H19ClN2. The van der Waals surface area contributed by atoms with Crippen molar-refractivity contribution in [1.29, 1.82) is 0 Å². The molecule has 3 heterocycles. The second kappa shape index (κ2) is 4.58. The number of halogens is 1. The molecule has 0 N–H and O–H groups in total. The van der Waals surface area contributed by atoms with Gasteiger partial charge in [-0.05, 0) is 44.7 Å². The van der Waals surface area contributed by atoms with Crippen molar-refractivity contribution in [2.75, 3.05) is 0 Å². The maximum atomic E-state index is 6.30. The third-order valence-electron chi connectivity index (χ3n) is 4.12. The molecular weight excluding hydrogens is 232 g/mol. The molecule has 92 valence electrons. The lowest BCUT2D eigenvalue weighted by Gasteiger charge is -2.36. The number of rotatable bonds is 2. The van der Waals surface area contributed by atoms with E-state index in [1.807, 2.05) is 0 Å². The number of nitrogens with zero attached hydrogens (tertiary/aromatic N) is 2. The molecule has 3 rings (SSSR count). The fraction of sp³-hybridized carbons (Fsp3) is 0.643. The summed E-state index contributed by atoms with van der Waals surface area (Å²) in [6, 6.07) is 7.69. The van der Waals surface area contributed by atoms with Crippen molar-refractivity contribution >= 4 is 11.6 Å². The van der Waals surface area contributed by atoms with Crippen molar-refractivity contribution < 1.29 is 0 Å². The summed E-state index contributed by atoms with van der Waals surface area (Å²) >= 11 is 6.30. The van der Waals surface area contributed by atoms with Crippen LogP contribution in [0.2, 0.25) is 0 Å². The van der Waals surface area contributed by atoms with Gasteiger partial charge in [0.1, 0.15) is 0 Å². The Labute approximate surface area is 108 Å². The van der Waals surface area contributed by atoms with E-state index in [4.69, 9.17) is 11.6 Å². The Morgan fingerprint density at radius 3 is 2.65 bits per heavy atom. The first-order valence-corrected chi connectivity index (χ1v) is 6.98. The van der Waals surface area contributed by atoms with Gasteiger partial charge in [0.05, 0.1) is 5.69 Å². The molecule has 0 spiro atoms. The standard InChI is InChI=1S/C14H19ClN2/c1-10-3-2-4-12(16-10)9-17-13-5-6-14(17)8-11(15)7-13/h2-4,11,13-14H,5-9H2,1H3. The molecule has 0 aliphatic carbocycles. The highest BCUT2D eigenvalue weighted by molar-refractivity contribution is 6.20. The summed E-state index contributed by atoms with van der Waals surface area (Å²) in [5.74, 6) is 0. The summed E-state index contributed by atoms with van der Waals surface area (Å²) in [5.41, 5.74) is 2.32. The van der Waals surface area contributed by atoms with Crippen LogP contribution in [0.25, 0.3) is 0 Å². The van der Waals surface area contributed by atoms with Crippen LogP contribution in [0.5, 0.6) is 0 Å². The molecule has 2 saturated heterocycles. The molecule has 3 heteroatoms. The number of hydrogen-bond acceptors (Lipinski definition) is 2. The minimum Gasteiger partial charge on any atom is -0.292 e. The third-order valence-corrected chi connectivity index (χ3v) is 4.47. The van der Waals surface area contributed by atoms with Crippen LogP contribution in [0.15, 0.2) is 18.2 Å². The Morgan fingerprint density at radius 1 is 1.29 bits per heavy atom. The van der Waals surface area contributed by atoms with Gasteiger partial charge < -0.3 is 0 Å². The number of hydrogen-bond donors (Lipinski definition) is 0. The monoisotopic (exact) mass is 250 g/mol. The molecule has 0 saturated carbocycles. The number of aromatic nitrogens is 1. The lowest BCUT2D eigenvalue weighted by atomic mass is 10.0. The van der Waals surface area contributed by atoms with E-state index >= 15 is 0 Å². The molecule has 2 aliphatic heterocycles. The van der Waals surface area contributed by atoms with E-state index in [2.05, 4.69) is 35.0 Å². The fourth-order valence-corrected chi connectivity index (χ4v) is 3.75. The van der Waals surface area contributed by atoms with E-state index in [1.165, 1.54) is 18.5 Å². The van der Waals surface area contributed by atoms with Crippen LogP contribution in [0.1, 0.15) is 37.1 Å². The first-order valence-electron chi connectivity index (χ1n) is 6.55. The highest BCUT2D eigenvalue weighted by Gasteiger charge is 2.39. The zero-order valence-electron chi connectivity index (χ0n) is 10.3. The van der Waals surface area contributed by atoms with Gasteiger partial charge in [0.2, 0.25) is 0 Å². The number of aryl methyl sites for hydroxylation is 1. The molecule has 1 aromatic heterocycles. The third kappa shape index (κ3) is 2.34. The van der Waals surface area contributed by atoms with E-state index in [-0.39, 0.29) is 0 Å². The fourth-order valence-electron chi connectivity index (χ4n) is 3.34. The predicted molar refractivity (Wildman–Crippen MR) is 70.2 cm³/mol. The molecule has 17 heavy (non-hydrogen) atoms. The van der Waals surface area contributed by atoms with Gasteiger partial charge >= 0.3 is 0 Å². The average molecular weight is 251 g/mol. The summed E-state index contributed by atoms with van der Waals surface area (Å²) in [7, 11) is 0. The predicted octanol–water partition coefficient (Wildman–Crippen LogP) is 3.12. The second-order valence-corrected chi connectivity index (χ2v) is 6.01. The second-order valence-electron chi connectivity index (χ2n) is 5.40. The normalized spacial score (nSPS) is 32.9. The zero-order chi connectivity index (χ0) is 11.8. The molecule has 2 bridgehead atoms. The SMILES string of the molecule is Cc1cccc(CN2C3CCC2CC(Cl)C3)n1. The van der Waals surface area contributed by atoms with E-state index in [0.29, 0.717) is 17.5 Å². The first-order chi connectivity index (χ1) is 8.22. The highest BCUT2D eigenvalue weighted by Crippen LogP contribution is 2.38. The van der Waals surface area contributed by atoms with Crippen LogP contribution >= 0.6 is 11.6 Å². The average Bonchev–Trinajstić information content (AvgIpc) is 2.54. The van der Waals surface area contributed by atoms with Gasteiger partial charge in [0.15, 0.2) is 0 Å². The molecule has 2 nitrogen and oxygen atoms in total. The number of pyridine rings is 1. The zero-order valence-corrected chi connectivity index (χ0v) is 11.0. The number of alkyl halides is 1. The molecule has 0 amide bonds. The lowest BCUT2D eigenvalue weighted by molar-refractivity contribution is 0.132. The Balaban J connectivity index is 1.74. The van der Waals surface area contributed by atoms with Gasteiger partial charge in [-0.25, -0.2) is 0 Å². The quantitative estimate of drug-likeness (QED) is 0.750. The van der Waals surface area contributed by atoms with E-state index in [0.717, 1.165) is 25.1 Å². The summed E-state index contributed by atoms with van der Waals surface area (Å²) in [6.07, 6.45) is 4.95. The van der Waals surface area contributed by atoms with E-state index < -0.39 is 0 Å². The molecule has 0 aromatic carbocycles. The van der Waals surface area contributed by atoms with Crippen molar-refractivity contribution in [3.8, 4) is 0 Å². The minimum absolute atomic E-state index is 0.397. The maximum Gasteiger partial charge on any atom is 0.0547 e. The van der Waals surface area contributed by atoms with Crippen molar-refractivity contribution in [3.05, 3.63) is 29.6 Å². The summed E-state index contributed by atoms with van der Waals surface area (Å²) in [6.45, 7) is 3.06. The van der Waals surface area contributed by atoms with Crippen LogP contribution in [0.4, 0.5) is 0 Å². The molecule has 1 aromatic rings. The minimum atomic E-state index is 0.397. The summed E-state index contributed by atoms with van der Waals surface area (Å²) in [5, 5.41) is 0.397. The topological polar surface area (TPSA) is 16.1 Å². The van der Waals surface area contributed by atoms with Gasteiger partial charge in [-0.1, -0.05) is 6.07 Å². The summed E-state index contributed by atoms with van der Waals surface area (Å²) in [4.78, 5) is 7.23. The van der Waals surface area contributed by atoms with Gasteiger partial charge in [-0.15, -0.1) is 11.6 Å². The Kier molecular flexibility index (Phi) is 3.10. The van der Waals surface area contributed by atoms with Crippen LogP contribution < -0.4 is 0 Å². The Morgan fingerprint density at radius 2 is 2.00 bits per heavy atom. The van der Waals surface area contributed by atoms with Crippen LogP contribution in [0, 0.1) is 6.92 Å². The Hall–Kier alpha value is -0.600. The van der Waals surface area contributed by atoms with Crippen molar-refractivity contribution in [3.63, 3.8) is 0 Å². The molecule has 0 radical (unpaired) electrons. The first kappa shape index (κ1) is 11.5. The molecule has 2 atom stereocenters. The smallest absolute Gasteiger partial charge is 0.0547 e. The summed E-state index contributed by atoms with van der Waals surface area (Å²) < 4.78 is 0. The van der Waals surface area contributed by atoms with E-state index in [1.54, 1.807) is 0 Å². The largest absolute Gasteiger partial charge is 0.292 e. The van der Waals surface area contributed by atoms with Gasteiger partial charge in [-0.3, -0.25) is 9.88 Å². The molecule has 2 unspecified atom stereocenters. The Bertz CT molecular complexity index is 393. The number of piperidine rings is 1. The van der Waals surface area contributed by atoms with Gasteiger partial charge in [0.25, 0.3) is 0 Å². The van der Waals surface area contributed by atoms with Crippen molar-refractivity contribution in [2.45, 2.75) is 56.6 Å². The van der Waals surface area contributed by atoms with E-state index in [9.17, 15) is 0 Å². The van der Waals surface area contributed by atoms with Crippen LogP contribution in [0.3, 0.4) is 0 Å². The van der Waals surface area contributed by atoms with Crippen molar-refractivity contribution in [2.24, 2.45) is 0 Å². The van der Waals surface area contributed by atoms with Gasteiger partial charge in [0, 0.05) is 29.7 Å². The van der Waals surface area contributed by atoms with Gasteiger partial charge in [-0.2, -0.15) is 0 Å². The molecule has 2 fully saturated rings. The highest BCUT2D eigenvalue weighted by atomic mass is 35.5. The molecule has 2 aliphatic rings.